The van der Waals surface area contributed by atoms with Crippen LogP contribution in [0.4, 0.5) is 13.2 Å². The van der Waals surface area contributed by atoms with Crippen molar-refractivity contribution in [2.24, 2.45) is 0 Å². The number of hydrogen-bond acceptors (Lipinski definition) is 2. The first kappa shape index (κ1) is 15.8. The Morgan fingerprint density at radius 2 is 1.79 bits per heavy atom. The fourth-order valence-corrected chi connectivity index (χ4v) is 1.94. The maximum atomic E-state index is 12.0. The number of alkyl halides is 3. The summed E-state index contributed by atoms with van der Waals surface area (Å²) in [5.74, 6) is -0.171. The van der Waals surface area contributed by atoms with E-state index in [9.17, 15) is 13.2 Å². The van der Waals surface area contributed by atoms with Crippen LogP contribution in [0.25, 0.3) is 0 Å². The van der Waals surface area contributed by atoms with Gasteiger partial charge in [-0.3, -0.25) is 0 Å². The summed E-state index contributed by atoms with van der Waals surface area (Å²) in [5, 5.41) is 3.37. The number of nitrogens with one attached hydrogen (secondary N) is 1. The molecule has 1 unspecified atom stereocenters. The van der Waals surface area contributed by atoms with Crippen LogP contribution in [0.3, 0.4) is 0 Å². The van der Waals surface area contributed by atoms with Crippen molar-refractivity contribution >= 4 is 0 Å². The molecule has 1 rings (SSSR count). The number of ether oxygens (including phenoxy) is 1. The normalized spacial score (nSPS) is 13.3. The standard InChI is InChI=1S/C14H20F3NO/c1-3-12(18-4-2)8-5-11-6-9-13(10-7-11)19-14(15,16)17/h6-7,9-10,12,18H,3-5,8H2,1-2H3. The van der Waals surface area contributed by atoms with E-state index in [2.05, 4.69) is 23.9 Å². The van der Waals surface area contributed by atoms with Gasteiger partial charge >= 0.3 is 6.36 Å². The predicted molar refractivity (Wildman–Crippen MR) is 69.2 cm³/mol. The molecule has 1 N–H and O–H groups in total. The van der Waals surface area contributed by atoms with Gasteiger partial charge in [-0.1, -0.05) is 26.0 Å². The second-order valence-electron chi connectivity index (χ2n) is 4.39. The van der Waals surface area contributed by atoms with Gasteiger partial charge in [0, 0.05) is 6.04 Å². The van der Waals surface area contributed by atoms with Crippen molar-refractivity contribution in [1.82, 2.24) is 5.32 Å². The minimum absolute atomic E-state index is 0.171. The van der Waals surface area contributed by atoms with Gasteiger partial charge in [0.05, 0.1) is 0 Å². The van der Waals surface area contributed by atoms with Gasteiger partial charge in [0.2, 0.25) is 0 Å². The van der Waals surface area contributed by atoms with Gasteiger partial charge in [-0.25, -0.2) is 0 Å². The molecule has 0 spiro atoms. The molecule has 108 valence electrons. The molecule has 1 aromatic carbocycles. The third-order valence-electron chi connectivity index (χ3n) is 2.92. The summed E-state index contributed by atoms with van der Waals surface area (Å²) in [6, 6.07) is 6.53. The minimum atomic E-state index is -4.63. The van der Waals surface area contributed by atoms with Crippen LogP contribution in [0.1, 0.15) is 32.3 Å². The summed E-state index contributed by atoms with van der Waals surface area (Å²) in [5.41, 5.74) is 1.02. The Labute approximate surface area is 112 Å². The Morgan fingerprint density at radius 3 is 2.26 bits per heavy atom. The molecule has 2 nitrogen and oxygen atoms in total. The van der Waals surface area contributed by atoms with Crippen LogP contribution in [-0.2, 0) is 6.42 Å². The van der Waals surface area contributed by atoms with Crippen molar-refractivity contribution in [3.63, 3.8) is 0 Å². The van der Waals surface area contributed by atoms with E-state index in [0.29, 0.717) is 6.04 Å². The Morgan fingerprint density at radius 1 is 1.16 bits per heavy atom. The van der Waals surface area contributed by atoms with Crippen LogP contribution in [-0.4, -0.2) is 18.9 Å². The molecule has 0 saturated heterocycles. The molecule has 0 amide bonds. The highest BCUT2D eigenvalue weighted by molar-refractivity contribution is 5.27. The number of hydrogen-bond donors (Lipinski definition) is 1. The molecule has 0 heterocycles. The summed E-state index contributed by atoms with van der Waals surface area (Å²) in [6.45, 7) is 5.11. The zero-order valence-corrected chi connectivity index (χ0v) is 11.3. The third-order valence-corrected chi connectivity index (χ3v) is 2.92. The Hall–Kier alpha value is -1.23. The molecule has 0 aromatic heterocycles. The number of benzene rings is 1. The molecular weight excluding hydrogens is 255 g/mol. The lowest BCUT2D eigenvalue weighted by molar-refractivity contribution is -0.274. The number of rotatable bonds is 7. The molecule has 0 aliphatic carbocycles. The Balaban J connectivity index is 2.48. The summed E-state index contributed by atoms with van der Waals surface area (Å²) >= 11 is 0. The number of aryl methyl sites for hydroxylation is 1. The maximum Gasteiger partial charge on any atom is 0.573 e. The third kappa shape index (κ3) is 6.47. The van der Waals surface area contributed by atoms with Gasteiger partial charge in [-0.05, 0) is 43.5 Å². The van der Waals surface area contributed by atoms with Crippen molar-refractivity contribution in [1.29, 1.82) is 0 Å². The maximum absolute atomic E-state index is 12.0. The topological polar surface area (TPSA) is 21.3 Å². The molecule has 0 fully saturated rings. The van der Waals surface area contributed by atoms with E-state index in [4.69, 9.17) is 0 Å². The minimum Gasteiger partial charge on any atom is -0.406 e. The van der Waals surface area contributed by atoms with Gasteiger partial charge in [-0.15, -0.1) is 13.2 Å². The van der Waals surface area contributed by atoms with Crippen molar-refractivity contribution in [3.8, 4) is 5.75 Å². The van der Waals surface area contributed by atoms with Crippen molar-refractivity contribution in [2.75, 3.05) is 6.54 Å². The lowest BCUT2D eigenvalue weighted by atomic mass is 10.0. The van der Waals surface area contributed by atoms with Crippen LogP contribution in [0.15, 0.2) is 24.3 Å². The summed E-state index contributed by atoms with van der Waals surface area (Å²) in [7, 11) is 0. The monoisotopic (exact) mass is 275 g/mol. The van der Waals surface area contributed by atoms with E-state index < -0.39 is 6.36 Å². The lowest BCUT2D eigenvalue weighted by Crippen LogP contribution is -2.28. The zero-order valence-electron chi connectivity index (χ0n) is 11.3. The van der Waals surface area contributed by atoms with Crippen LogP contribution >= 0.6 is 0 Å². The summed E-state index contributed by atoms with van der Waals surface area (Å²) in [4.78, 5) is 0. The molecule has 5 heteroatoms. The Bertz CT molecular complexity index is 362. The van der Waals surface area contributed by atoms with Crippen molar-refractivity contribution in [3.05, 3.63) is 29.8 Å². The number of halogens is 3. The molecule has 19 heavy (non-hydrogen) atoms. The highest BCUT2D eigenvalue weighted by Gasteiger charge is 2.30. The zero-order chi connectivity index (χ0) is 14.3. The van der Waals surface area contributed by atoms with E-state index in [1.165, 1.54) is 12.1 Å². The predicted octanol–water partition coefficient (Wildman–Crippen LogP) is 3.91. The molecule has 0 saturated carbocycles. The summed E-state index contributed by atoms with van der Waals surface area (Å²) in [6.07, 6.45) is -1.76. The van der Waals surface area contributed by atoms with E-state index in [0.717, 1.165) is 31.4 Å². The van der Waals surface area contributed by atoms with Gasteiger partial charge < -0.3 is 10.1 Å². The van der Waals surface area contributed by atoms with Crippen molar-refractivity contribution < 1.29 is 17.9 Å². The molecule has 0 aliphatic heterocycles. The second-order valence-corrected chi connectivity index (χ2v) is 4.39. The fourth-order valence-electron chi connectivity index (χ4n) is 1.94. The highest BCUT2D eigenvalue weighted by atomic mass is 19.4. The van der Waals surface area contributed by atoms with E-state index in [1.54, 1.807) is 12.1 Å². The van der Waals surface area contributed by atoms with E-state index in [-0.39, 0.29) is 5.75 Å². The van der Waals surface area contributed by atoms with Gasteiger partial charge in [0.15, 0.2) is 0 Å². The fraction of sp³-hybridized carbons (Fsp3) is 0.571. The van der Waals surface area contributed by atoms with Crippen LogP contribution in [0.5, 0.6) is 5.75 Å². The average molecular weight is 275 g/mol. The molecule has 0 radical (unpaired) electrons. The molecule has 1 aromatic rings. The smallest absolute Gasteiger partial charge is 0.406 e. The SMILES string of the molecule is CCNC(CC)CCc1ccc(OC(F)(F)F)cc1. The lowest BCUT2D eigenvalue weighted by Gasteiger charge is -2.15. The van der Waals surface area contributed by atoms with Crippen molar-refractivity contribution in [2.45, 2.75) is 45.5 Å². The van der Waals surface area contributed by atoms with Gasteiger partial charge in [-0.2, -0.15) is 0 Å². The van der Waals surface area contributed by atoms with E-state index >= 15 is 0 Å². The van der Waals surface area contributed by atoms with Crippen LogP contribution in [0, 0.1) is 0 Å². The second kappa shape index (κ2) is 7.38. The first-order valence-corrected chi connectivity index (χ1v) is 6.52. The first-order valence-electron chi connectivity index (χ1n) is 6.52. The largest absolute Gasteiger partial charge is 0.573 e. The van der Waals surface area contributed by atoms with Crippen LogP contribution in [0.2, 0.25) is 0 Å². The van der Waals surface area contributed by atoms with Crippen LogP contribution < -0.4 is 10.1 Å². The average Bonchev–Trinajstić information content (AvgIpc) is 2.34. The van der Waals surface area contributed by atoms with E-state index in [1.807, 2.05) is 0 Å². The molecule has 1 atom stereocenters. The molecule has 0 bridgehead atoms. The Kier molecular flexibility index (Phi) is 6.15. The van der Waals surface area contributed by atoms with Gasteiger partial charge in [0.25, 0.3) is 0 Å². The van der Waals surface area contributed by atoms with Gasteiger partial charge in [0.1, 0.15) is 5.75 Å². The summed E-state index contributed by atoms with van der Waals surface area (Å²) < 4.78 is 39.8. The highest BCUT2D eigenvalue weighted by Crippen LogP contribution is 2.23. The molecule has 0 aliphatic rings. The first-order chi connectivity index (χ1) is 8.94. The quantitative estimate of drug-likeness (QED) is 0.814. The molecular formula is C14H20F3NO.